The molecule has 0 spiro atoms. The molecule has 8 nitrogen and oxygen atoms in total. The van der Waals surface area contributed by atoms with Gasteiger partial charge < -0.3 is 24.1 Å². The van der Waals surface area contributed by atoms with Crippen LogP contribution in [0.1, 0.15) is 78.6 Å². The zero-order chi connectivity index (χ0) is 27.5. The van der Waals surface area contributed by atoms with E-state index in [4.69, 9.17) is 14.2 Å². The van der Waals surface area contributed by atoms with E-state index >= 15 is 0 Å². The first kappa shape index (κ1) is 27.1. The highest BCUT2D eigenvalue weighted by Gasteiger charge is 2.29. The SMILES string of the molecule is COc1ccc(C(=O)Nc2sc3c(c2C(=O)OCC(=O)c2cc(C)n(C[C@H]4CCCO4)c2C)CCCC3)cc1. The molecule has 5 rings (SSSR count). The van der Waals surface area contributed by atoms with Gasteiger partial charge in [-0.1, -0.05) is 0 Å². The number of amides is 1. The summed E-state index contributed by atoms with van der Waals surface area (Å²) < 4.78 is 18.6. The fourth-order valence-electron chi connectivity index (χ4n) is 5.42. The van der Waals surface area contributed by atoms with E-state index < -0.39 is 5.97 Å². The van der Waals surface area contributed by atoms with Gasteiger partial charge in [0, 0.05) is 40.5 Å². The van der Waals surface area contributed by atoms with Crippen molar-refractivity contribution in [2.75, 3.05) is 25.6 Å². The minimum absolute atomic E-state index is 0.159. The van der Waals surface area contributed by atoms with E-state index in [-0.39, 0.29) is 24.4 Å². The predicted octanol–water partition coefficient (Wildman–Crippen LogP) is 5.52. The van der Waals surface area contributed by atoms with E-state index in [0.717, 1.165) is 67.0 Å². The number of Topliss-reactive ketones (excluding diaryl/α,β-unsaturated/α-hetero) is 1. The number of anilines is 1. The van der Waals surface area contributed by atoms with Gasteiger partial charge in [-0.2, -0.15) is 0 Å². The van der Waals surface area contributed by atoms with Gasteiger partial charge in [0.1, 0.15) is 10.8 Å². The van der Waals surface area contributed by atoms with E-state index in [9.17, 15) is 14.4 Å². The van der Waals surface area contributed by atoms with Crippen LogP contribution in [0.15, 0.2) is 30.3 Å². The minimum Gasteiger partial charge on any atom is -0.497 e. The summed E-state index contributed by atoms with van der Waals surface area (Å²) in [5.41, 5.74) is 4.13. The maximum absolute atomic E-state index is 13.4. The Morgan fingerprint density at radius 2 is 1.87 bits per heavy atom. The second kappa shape index (κ2) is 11.8. The first-order valence-electron chi connectivity index (χ1n) is 13.4. The number of esters is 1. The number of fused-ring (bicyclic) bond motifs is 1. The average Bonchev–Trinajstić information content (AvgIpc) is 3.66. The van der Waals surface area contributed by atoms with E-state index in [1.807, 2.05) is 19.9 Å². The Hall–Kier alpha value is -3.43. The van der Waals surface area contributed by atoms with Gasteiger partial charge in [0.05, 0.1) is 18.8 Å². The van der Waals surface area contributed by atoms with Crippen LogP contribution in [0.3, 0.4) is 0 Å². The molecule has 1 aliphatic carbocycles. The second-order valence-corrected chi connectivity index (χ2v) is 11.2. The molecule has 2 aliphatic rings. The Labute approximate surface area is 232 Å². The first-order chi connectivity index (χ1) is 18.9. The third-order valence-corrected chi connectivity index (χ3v) is 8.78. The Balaban J connectivity index is 1.31. The Kier molecular flexibility index (Phi) is 8.18. The molecular weight excluding hydrogens is 516 g/mol. The topological polar surface area (TPSA) is 95.9 Å². The fourth-order valence-corrected chi connectivity index (χ4v) is 6.70. The van der Waals surface area contributed by atoms with Gasteiger partial charge in [0.25, 0.3) is 5.91 Å². The number of carbonyl (C=O) groups is 3. The van der Waals surface area contributed by atoms with E-state index in [1.54, 1.807) is 31.4 Å². The van der Waals surface area contributed by atoms with Gasteiger partial charge in [-0.3, -0.25) is 9.59 Å². The summed E-state index contributed by atoms with van der Waals surface area (Å²) in [5.74, 6) is -0.497. The van der Waals surface area contributed by atoms with Crippen LogP contribution in [-0.2, 0) is 28.9 Å². The standard InChI is InChI=1S/C30H34N2O6S/c1-18-15-24(19(2)32(18)16-22-7-6-14-37-22)25(33)17-38-30(35)27-23-8-4-5-9-26(23)39-29(27)31-28(34)20-10-12-21(36-3)13-11-20/h10-13,15,22H,4-9,14,16-17H2,1-3H3,(H,31,34)/t22-/m1/s1. The molecule has 206 valence electrons. The van der Waals surface area contributed by atoms with Gasteiger partial charge in [-0.25, -0.2) is 4.79 Å². The van der Waals surface area contributed by atoms with Crippen LogP contribution in [0.4, 0.5) is 5.00 Å². The third-order valence-electron chi connectivity index (χ3n) is 7.57. The van der Waals surface area contributed by atoms with Crippen LogP contribution in [0.25, 0.3) is 0 Å². The molecule has 1 atom stereocenters. The van der Waals surface area contributed by atoms with E-state index in [2.05, 4.69) is 9.88 Å². The molecule has 0 saturated carbocycles. The van der Waals surface area contributed by atoms with Crippen LogP contribution in [0.2, 0.25) is 0 Å². The number of ketones is 1. The molecule has 1 N–H and O–H groups in total. The lowest BCUT2D eigenvalue weighted by atomic mass is 9.95. The highest BCUT2D eigenvalue weighted by atomic mass is 32.1. The molecule has 3 aromatic rings. The van der Waals surface area contributed by atoms with Crippen molar-refractivity contribution in [3.63, 3.8) is 0 Å². The molecule has 1 aliphatic heterocycles. The number of carbonyl (C=O) groups excluding carboxylic acids is 3. The average molecular weight is 551 g/mol. The van der Waals surface area contributed by atoms with Crippen molar-refractivity contribution in [3.05, 3.63) is 68.9 Å². The molecule has 0 radical (unpaired) electrons. The number of ether oxygens (including phenoxy) is 3. The molecule has 1 amide bonds. The molecule has 0 bridgehead atoms. The highest BCUT2D eigenvalue weighted by molar-refractivity contribution is 7.17. The van der Waals surface area contributed by atoms with Gasteiger partial charge in [-0.05, 0) is 88.3 Å². The molecular formula is C30H34N2O6S. The number of aryl methyl sites for hydroxylation is 2. The summed E-state index contributed by atoms with van der Waals surface area (Å²) in [6.45, 7) is 5.02. The molecule has 1 saturated heterocycles. The normalized spacial score (nSPS) is 16.5. The summed E-state index contributed by atoms with van der Waals surface area (Å²) in [6, 6.07) is 8.63. The zero-order valence-electron chi connectivity index (χ0n) is 22.6. The van der Waals surface area contributed by atoms with E-state index in [0.29, 0.717) is 34.0 Å². The van der Waals surface area contributed by atoms with Crippen molar-refractivity contribution in [1.82, 2.24) is 4.57 Å². The van der Waals surface area contributed by atoms with Crippen molar-refractivity contribution in [2.45, 2.75) is 65.0 Å². The van der Waals surface area contributed by atoms with Gasteiger partial charge >= 0.3 is 5.97 Å². The van der Waals surface area contributed by atoms with Gasteiger partial charge in [0.2, 0.25) is 5.78 Å². The van der Waals surface area contributed by atoms with Crippen molar-refractivity contribution in [2.24, 2.45) is 0 Å². The van der Waals surface area contributed by atoms with Crippen LogP contribution < -0.4 is 10.1 Å². The number of hydrogen-bond donors (Lipinski definition) is 1. The number of aromatic nitrogens is 1. The van der Waals surface area contributed by atoms with Crippen molar-refractivity contribution in [3.8, 4) is 5.75 Å². The molecule has 3 heterocycles. The number of thiophene rings is 1. The molecule has 1 fully saturated rings. The minimum atomic E-state index is -0.582. The van der Waals surface area contributed by atoms with Crippen molar-refractivity contribution >= 4 is 34.0 Å². The summed E-state index contributed by atoms with van der Waals surface area (Å²) in [6.07, 6.45) is 5.83. The fraction of sp³-hybridized carbons (Fsp3) is 0.433. The number of hydrogen-bond acceptors (Lipinski definition) is 7. The van der Waals surface area contributed by atoms with Crippen molar-refractivity contribution in [1.29, 1.82) is 0 Å². The lowest BCUT2D eigenvalue weighted by Gasteiger charge is -2.15. The molecule has 2 aromatic heterocycles. The number of nitrogens with one attached hydrogen (secondary N) is 1. The largest absolute Gasteiger partial charge is 0.497 e. The second-order valence-electron chi connectivity index (χ2n) is 10.1. The summed E-state index contributed by atoms with van der Waals surface area (Å²) in [7, 11) is 1.57. The summed E-state index contributed by atoms with van der Waals surface area (Å²) in [4.78, 5) is 40.6. The molecule has 1 aromatic carbocycles. The van der Waals surface area contributed by atoms with E-state index in [1.165, 1.54) is 11.3 Å². The maximum Gasteiger partial charge on any atom is 0.341 e. The van der Waals surface area contributed by atoms with Crippen LogP contribution in [-0.4, -0.2) is 48.7 Å². The zero-order valence-corrected chi connectivity index (χ0v) is 23.4. The van der Waals surface area contributed by atoms with Gasteiger partial charge in [0.15, 0.2) is 6.61 Å². The lowest BCUT2D eigenvalue weighted by Crippen LogP contribution is -2.19. The first-order valence-corrected chi connectivity index (χ1v) is 14.3. The smallest absolute Gasteiger partial charge is 0.341 e. The monoisotopic (exact) mass is 550 g/mol. The Bertz CT molecular complexity index is 1380. The third kappa shape index (κ3) is 5.79. The molecule has 0 unspecified atom stereocenters. The maximum atomic E-state index is 13.4. The number of rotatable bonds is 9. The number of nitrogens with zero attached hydrogens (tertiary/aromatic N) is 1. The summed E-state index contributed by atoms with van der Waals surface area (Å²) in [5, 5.41) is 3.38. The quantitative estimate of drug-likeness (QED) is 0.278. The lowest BCUT2D eigenvalue weighted by molar-refractivity contribution is 0.0474. The number of methoxy groups -OCH3 is 1. The predicted molar refractivity (Wildman–Crippen MR) is 149 cm³/mol. The summed E-state index contributed by atoms with van der Waals surface area (Å²) >= 11 is 1.42. The Morgan fingerprint density at radius 3 is 2.59 bits per heavy atom. The Morgan fingerprint density at radius 1 is 1.10 bits per heavy atom. The van der Waals surface area contributed by atoms with Crippen LogP contribution >= 0.6 is 11.3 Å². The molecule has 9 heteroatoms. The highest BCUT2D eigenvalue weighted by Crippen LogP contribution is 2.39. The van der Waals surface area contributed by atoms with Crippen LogP contribution in [0.5, 0.6) is 5.75 Å². The number of benzene rings is 1. The van der Waals surface area contributed by atoms with Crippen molar-refractivity contribution < 1.29 is 28.6 Å². The van der Waals surface area contributed by atoms with Gasteiger partial charge in [-0.15, -0.1) is 11.3 Å². The van der Waals surface area contributed by atoms with Crippen LogP contribution in [0, 0.1) is 13.8 Å². The molecule has 39 heavy (non-hydrogen) atoms.